The van der Waals surface area contributed by atoms with Gasteiger partial charge in [-0.05, 0) is 40.8 Å². The Bertz CT molecular complexity index is 414. The Morgan fingerprint density at radius 2 is 2.33 bits per heavy atom. The lowest BCUT2D eigenvalue weighted by Gasteiger charge is -2.33. The van der Waals surface area contributed by atoms with Crippen LogP contribution in [0.15, 0.2) is 16.7 Å². The lowest BCUT2D eigenvalue weighted by Crippen LogP contribution is -2.36. The van der Waals surface area contributed by atoms with Gasteiger partial charge in [-0.15, -0.1) is 0 Å². The number of hydrogen-bond donors (Lipinski definition) is 1. The second-order valence-electron chi connectivity index (χ2n) is 5.01. The van der Waals surface area contributed by atoms with Crippen molar-refractivity contribution in [1.29, 1.82) is 0 Å². The second kappa shape index (κ2) is 6.22. The van der Waals surface area contributed by atoms with Crippen molar-refractivity contribution < 1.29 is 4.74 Å². The zero-order chi connectivity index (χ0) is 13.1. The van der Waals surface area contributed by atoms with Gasteiger partial charge in [0, 0.05) is 23.3 Å². The summed E-state index contributed by atoms with van der Waals surface area (Å²) < 4.78 is 6.70. The number of pyridine rings is 1. The monoisotopic (exact) mass is 332 g/mol. The standard InChI is InChI=1S/C13H18BrClN2O/c1-8(2)12-6-10(3-4-18-12)17-11-5-9(14)7-16-13(11)15/h5,7-8,10,12,17H,3-4,6H2,1-2H3. The van der Waals surface area contributed by atoms with Gasteiger partial charge in [-0.2, -0.15) is 0 Å². The van der Waals surface area contributed by atoms with Gasteiger partial charge in [0.05, 0.1) is 11.8 Å². The molecule has 18 heavy (non-hydrogen) atoms. The lowest BCUT2D eigenvalue weighted by molar-refractivity contribution is -0.0160. The van der Waals surface area contributed by atoms with Crippen molar-refractivity contribution in [2.24, 2.45) is 5.92 Å². The average molecular weight is 334 g/mol. The van der Waals surface area contributed by atoms with Crippen LogP contribution in [0.5, 0.6) is 0 Å². The molecule has 0 bridgehead atoms. The van der Waals surface area contributed by atoms with E-state index in [2.05, 4.69) is 40.1 Å². The highest BCUT2D eigenvalue weighted by molar-refractivity contribution is 9.10. The van der Waals surface area contributed by atoms with Crippen LogP contribution in [0, 0.1) is 5.92 Å². The SMILES string of the molecule is CC(C)C1CC(Nc2cc(Br)cnc2Cl)CCO1. The van der Waals surface area contributed by atoms with E-state index in [0.29, 0.717) is 23.2 Å². The maximum atomic E-state index is 6.09. The third-order valence-corrected chi connectivity index (χ3v) is 3.96. The van der Waals surface area contributed by atoms with Gasteiger partial charge >= 0.3 is 0 Å². The van der Waals surface area contributed by atoms with Gasteiger partial charge < -0.3 is 10.1 Å². The molecular weight excluding hydrogens is 316 g/mol. The first kappa shape index (κ1) is 14.1. The summed E-state index contributed by atoms with van der Waals surface area (Å²) in [7, 11) is 0. The Balaban J connectivity index is 2.02. The quantitative estimate of drug-likeness (QED) is 0.845. The fraction of sp³-hybridized carbons (Fsp3) is 0.615. The molecule has 2 atom stereocenters. The number of anilines is 1. The highest BCUT2D eigenvalue weighted by atomic mass is 79.9. The first-order chi connectivity index (χ1) is 8.56. The van der Waals surface area contributed by atoms with Crippen molar-refractivity contribution >= 4 is 33.2 Å². The van der Waals surface area contributed by atoms with Gasteiger partial charge in [0.15, 0.2) is 5.15 Å². The Morgan fingerprint density at radius 1 is 1.56 bits per heavy atom. The molecule has 0 aromatic carbocycles. The number of aromatic nitrogens is 1. The summed E-state index contributed by atoms with van der Waals surface area (Å²) in [5.74, 6) is 0.547. The van der Waals surface area contributed by atoms with E-state index < -0.39 is 0 Å². The highest BCUT2D eigenvalue weighted by Gasteiger charge is 2.25. The summed E-state index contributed by atoms with van der Waals surface area (Å²) in [5.41, 5.74) is 0.889. The van der Waals surface area contributed by atoms with Gasteiger partial charge in [-0.25, -0.2) is 4.98 Å². The topological polar surface area (TPSA) is 34.2 Å². The summed E-state index contributed by atoms with van der Waals surface area (Å²) in [6.07, 6.45) is 4.05. The first-order valence-electron chi connectivity index (χ1n) is 6.25. The van der Waals surface area contributed by atoms with Crippen molar-refractivity contribution in [3.8, 4) is 0 Å². The van der Waals surface area contributed by atoms with Crippen molar-refractivity contribution in [1.82, 2.24) is 4.98 Å². The van der Waals surface area contributed by atoms with Crippen molar-refractivity contribution in [3.05, 3.63) is 21.9 Å². The molecule has 1 aromatic heterocycles. The van der Waals surface area contributed by atoms with E-state index in [4.69, 9.17) is 16.3 Å². The molecule has 1 saturated heterocycles. The third kappa shape index (κ3) is 3.59. The van der Waals surface area contributed by atoms with Crippen LogP contribution in [-0.4, -0.2) is 23.7 Å². The molecule has 0 spiro atoms. The Labute approximate surface area is 121 Å². The molecule has 1 N–H and O–H groups in total. The number of hydrogen-bond acceptors (Lipinski definition) is 3. The molecule has 3 nitrogen and oxygen atoms in total. The molecule has 2 unspecified atom stereocenters. The minimum absolute atomic E-state index is 0.329. The zero-order valence-corrected chi connectivity index (χ0v) is 13.0. The van der Waals surface area contributed by atoms with Crippen LogP contribution in [-0.2, 0) is 4.74 Å². The largest absolute Gasteiger partial charge is 0.380 e. The fourth-order valence-electron chi connectivity index (χ4n) is 2.17. The molecule has 2 rings (SSSR count). The molecule has 1 fully saturated rings. The van der Waals surface area contributed by atoms with E-state index in [1.165, 1.54) is 0 Å². The number of halogens is 2. The van der Waals surface area contributed by atoms with Crippen LogP contribution in [0.1, 0.15) is 26.7 Å². The molecule has 1 aromatic rings. The molecule has 0 radical (unpaired) electrons. The van der Waals surface area contributed by atoms with E-state index in [9.17, 15) is 0 Å². The van der Waals surface area contributed by atoms with E-state index in [1.54, 1.807) is 6.20 Å². The molecular formula is C13H18BrClN2O. The molecule has 0 saturated carbocycles. The number of nitrogens with one attached hydrogen (secondary N) is 1. The van der Waals surface area contributed by atoms with Crippen LogP contribution in [0.25, 0.3) is 0 Å². The van der Waals surface area contributed by atoms with E-state index >= 15 is 0 Å². The number of ether oxygens (including phenoxy) is 1. The summed E-state index contributed by atoms with van der Waals surface area (Å²) in [6, 6.07) is 2.37. The second-order valence-corrected chi connectivity index (χ2v) is 6.28. The summed E-state index contributed by atoms with van der Waals surface area (Å²) in [5, 5.41) is 3.99. The smallest absolute Gasteiger partial charge is 0.152 e. The molecule has 0 amide bonds. The highest BCUT2D eigenvalue weighted by Crippen LogP contribution is 2.27. The first-order valence-corrected chi connectivity index (χ1v) is 7.42. The van der Waals surface area contributed by atoms with Crippen molar-refractivity contribution in [2.45, 2.75) is 38.8 Å². The van der Waals surface area contributed by atoms with Crippen molar-refractivity contribution in [3.63, 3.8) is 0 Å². The Morgan fingerprint density at radius 3 is 3.06 bits per heavy atom. The van der Waals surface area contributed by atoms with Gasteiger partial charge in [-0.1, -0.05) is 25.4 Å². The molecule has 100 valence electrons. The molecule has 2 heterocycles. The lowest BCUT2D eigenvalue weighted by atomic mass is 9.95. The van der Waals surface area contributed by atoms with E-state index in [1.807, 2.05) is 6.07 Å². The maximum absolute atomic E-state index is 6.09. The molecule has 0 aliphatic carbocycles. The molecule has 1 aliphatic heterocycles. The summed E-state index contributed by atoms with van der Waals surface area (Å²) in [4.78, 5) is 4.12. The number of rotatable bonds is 3. The Hall–Kier alpha value is -0.320. The third-order valence-electron chi connectivity index (χ3n) is 3.22. The van der Waals surface area contributed by atoms with Crippen molar-refractivity contribution in [2.75, 3.05) is 11.9 Å². The molecule has 1 aliphatic rings. The minimum Gasteiger partial charge on any atom is -0.380 e. The molecule has 5 heteroatoms. The predicted octanol–water partition coefficient (Wildman–Crippen LogP) is 4.11. The summed E-state index contributed by atoms with van der Waals surface area (Å²) in [6.45, 7) is 5.20. The van der Waals surface area contributed by atoms with Crippen LogP contribution >= 0.6 is 27.5 Å². The normalized spacial score (nSPS) is 24.3. The van der Waals surface area contributed by atoms with E-state index in [0.717, 1.165) is 29.6 Å². The van der Waals surface area contributed by atoms with Crippen LogP contribution in [0.2, 0.25) is 5.15 Å². The van der Waals surface area contributed by atoms with Crippen LogP contribution in [0.3, 0.4) is 0 Å². The van der Waals surface area contributed by atoms with Gasteiger partial charge in [-0.3, -0.25) is 0 Å². The number of nitrogens with zero attached hydrogens (tertiary/aromatic N) is 1. The van der Waals surface area contributed by atoms with Gasteiger partial charge in [0.25, 0.3) is 0 Å². The zero-order valence-electron chi connectivity index (χ0n) is 10.6. The summed E-state index contributed by atoms with van der Waals surface area (Å²) >= 11 is 9.50. The van der Waals surface area contributed by atoms with Gasteiger partial charge in [0.2, 0.25) is 0 Å². The predicted molar refractivity (Wildman–Crippen MR) is 78.2 cm³/mol. The fourth-order valence-corrected chi connectivity index (χ4v) is 2.66. The van der Waals surface area contributed by atoms with Crippen LogP contribution < -0.4 is 5.32 Å². The Kier molecular flexibility index (Phi) is 4.87. The minimum atomic E-state index is 0.329. The van der Waals surface area contributed by atoms with Crippen LogP contribution in [0.4, 0.5) is 5.69 Å². The maximum Gasteiger partial charge on any atom is 0.152 e. The average Bonchev–Trinajstić information content (AvgIpc) is 2.34. The van der Waals surface area contributed by atoms with Gasteiger partial charge in [0.1, 0.15) is 0 Å². The van der Waals surface area contributed by atoms with E-state index in [-0.39, 0.29) is 0 Å².